The predicted molar refractivity (Wildman–Crippen MR) is 108 cm³/mol. The van der Waals surface area contributed by atoms with E-state index < -0.39 is 0 Å². The van der Waals surface area contributed by atoms with Crippen molar-refractivity contribution in [1.29, 1.82) is 0 Å². The molecule has 0 aliphatic heterocycles. The average Bonchev–Trinajstić information content (AvgIpc) is 2.63. The molecule has 0 heterocycles. The molecule has 8 heteroatoms. The third-order valence-electron chi connectivity index (χ3n) is 4.38. The Balaban J connectivity index is 2.84. The van der Waals surface area contributed by atoms with E-state index in [9.17, 15) is 4.91 Å². The number of hydrogen-bond acceptors (Lipinski definition) is 8. The molecule has 1 aromatic rings. The maximum absolute atomic E-state index is 10.6. The van der Waals surface area contributed by atoms with Gasteiger partial charge in [0.05, 0.1) is 0 Å². The number of hydrogen-bond donors (Lipinski definition) is 4. The summed E-state index contributed by atoms with van der Waals surface area (Å²) < 4.78 is 0. The van der Waals surface area contributed by atoms with Crippen molar-refractivity contribution in [2.24, 2.45) is 34.0 Å². The molecule has 0 saturated heterocycles. The molecule has 1 aromatic carbocycles. The van der Waals surface area contributed by atoms with Crippen molar-refractivity contribution in [2.45, 2.75) is 6.42 Å². The van der Waals surface area contributed by atoms with Crippen LogP contribution >= 0.6 is 0 Å². The van der Waals surface area contributed by atoms with Gasteiger partial charge in [0.2, 0.25) is 0 Å². The SMILES string of the molecule is NCCN(CCN)CC(Cc1ccc(N=O)cc1)CN(CCN)CCN. The zero-order valence-electron chi connectivity index (χ0n) is 15.7. The number of rotatable bonds is 15. The number of nitroso groups, excluding NO2 is 1. The van der Waals surface area contributed by atoms with Crippen LogP contribution in [0.15, 0.2) is 29.4 Å². The molecule has 0 radical (unpaired) electrons. The number of benzene rings is 1. The van der Waals surface area contributed by atoms with E-state index in [1.54, 1.807) is 12.1 Å². The molecule has 0 aliphatic rings. The minimum absolute atomic E-state index is 0.390. The molecule has 8 nitrogen and oxygen atoms in total. The van der Waals surface area contributed by atoms with Gasteiger partial charge >= 0.3 is 0 Å². The monoisotopic (exact) mass is 365 g/mol. The summed E-state index contributed by atoms with van der Waals surface area (Å²) in [5.41, 5.74) is 24.6. The molecular weight excluding hydrogens is 330 g/mol. The molecule has 0 bridgehead atoms. The minimum atomic E-state index is 0.390. The summed E-state index contributed by atoms with van der Waals surface area (Å²) >= 11 is 0. The highest BCUT2D eigenvalue weighted by atomic mass is 16.3. The van der Waals surface area contributed by atoms with Gasteiger partial charge in [-0.3, -0.25) is 0 Å². The minimum Gasteiger partial charge on any atom is -0.329 e. The fourth-order valence-corrected chi connectivity index (χ4v) is 3.26. The van der Waals surface area contributed by atoms with E-state index in [2.05, 4.69) is 15.0 Å². The van der Waals surface area contributed by atoms with Crippen molar-refractivity contribution < 1.29 is 0 Å². The summed E-state index contributed by atoms with van der Waals surface area (Å²) in [5.74, 6) is 0.390. The van der Waals surface area contributed by atoms with E-state index in [4.69, 9.17) is 22.9 Å². The zero-order valence-corrected chi connectivity index (χ0v) is 15.7. The second-order valence-electron chi connectivity index (χ2n) is 6.58. The van der Waals surface area contributed by atoms with E-state index in [-0.39, 0.29) is 0 Å². The highest BCUT2D eigenvalue weighted by Gasteiger charge is 2.18. The van der Waals surface area contributed by atoms with Crippen molar-refractivity contribution >= 4 is 5.69 Å². The van der Waals surface area contributed by atoms with Crippen LogP contribution in [0, 0.1) is 10.8 Å². The van der Waals surface area contributed by atoms with Crippen molar-refractivity contribution in [3.8, 4) is 0 Å². The molecule has 0 spiro atoms. The molecule has 0 aromatic heterocycles. The lowest BCUT2D eigenvalue weighted by molar-refractivity contribution is 0.182. The highest BCUT2D eigenvalue weighted by Crippen LogP contribution is 2.17. The van der Waals surface area contributed by atoms with Gasteiger partial charge in [0.25, 0.3) is 0 Å². The van der Waals surface area contributed by atoms with Crippen LogP contribution in [0.25, 0.3) is 0 Å². The normalized spacial score (nSPS) is 11.7. The predicted octanol–water partition coefficient (Wildman–Crippen LogP) is -0.318. The molecule has 8 N–H and O–H groups in total. The van der Waals surface area contributed by atoms with Crippen LogP contribution in [0.1, 0.15) is 5.56 Å². The fraction of sp³-hybridized carbons (Fsp3) is 0.667. The molecule has 0 unspecified atom stereocenters. The first-order valence-electron chi connectivity index (χ1n) is 9.34. The molecule has 1 rings (SSSR count). The van der Waals surface area contributed by atoms with Crippen molar-refractivity contribution in [1.82, 2.24) is 9.80 Å². The first-order valence-corrected chi connectivity index (χ1v) is 9.34. The van der Waals surface area contributed by atoms with Gasteiger partial charge in [0, 0.05) is 65.4 Å². The molecule has 0 amide bonds. The van der Waals surface area contributed by atoms with Crippen LogP contribution < -0.4 is 22.9 Å². The lowest BCUT2D eigenvalue weighted by atomic mass is 9.97. The second kappa shape index (κ2) is 13.7. The van der Waals surface area contributed by atoms with Gasteiger partial charge in [-0.25, -0.2) is 0 Å². The van der Waals surface area contributed by atoms with Crippen molar-refractivity contribution in [3.63, 3.8) is 0 Å². The van der Waals surface area contributed by atoms with Crippen molar-refractivity contribution in [2.75, 3.05) is 65.4 Å². The van der Waals surface area contributed by atoms with Crippen molar-refractivity contribution in [3.05, 3.63) is 34.7 Å². The Morgan fingerprint density at radius 2 is 1.19 bits per heavy atom. The lowest BCUT2D eigenvalue weighted by Crippen LogP contribution is -2.43. The van der Waals surface area contributed by atoms with E-state index in [1.165, 1.54) is 5.56 Å². The smallest absolute Gasteiger partial charge is 0.108 e. The van der Waals surface area contributed by atoms with E-state index in [1.807, 2.05) is 12.1 Å². The van der Waals surface area contributed by atoms with Crippen LogP contribution in [-0.4, -0.2) is 75.2 Å². The number of nitrogens with zero attached hydrogens (tertiary/aromatic N) is 3. The van der Waals surface area contributed by atoms with E-state index >= 15 is 0 Å². The largest absolute Gasteiger partial charge is 0.329 e. The highest BCUT2D eigenvalue weighted by molar-refractivity contribution is 5.38. The van der Waals surface area contributed by atoms with Crippen LogP contribution in [0.4, 0.5) is 5.69 Å². The summed E-state index contributed by atoms with van der Waals surface area (Å²) in [6.07, 6.45) is 0.899. The average molecular weight is 366 g/mol. The molecule has 0 fully saturated rings. The Morgan fingerprint density at radius 1 is 0.769 bits per heavy atom. The first kappa shape index (κ1) is 22.6. The molecule has 0 aliphatic carbocycles. The molecule has 0 atom stereocenters. The Labute approximate surface area is 156 Å². The van der Waals surface area contributed by atoms with Crippen LogP contribution in [-0.2, 0) is 6.42 Å². The summed E-state index contributed by atoms with van der Waals surface area (Å²) in [5, 5.41) is 2.96. The Morgan fingerprint density at radius 3 is 1.54 bits per heavy atom. The molecule has 148 valence electrons. The molecule has 26 heavy (non-hydrogen) atoms. The standard InChI is InChI=1S/C18H35N7O/c19-5-9-24(10-6-20)14-17(15-25(11-7-21)12-8-22)13-16-1-3-18(23-26)4-2-16/h1-4,17H,5-15,19-22H2. The number of nitrogens with two attached hydrogens (primary N) is 4. The molecular formula is C18H35N7O. The summed E-state index contributed by atoms with van der Waals surface area (Å²) in [7, 11) is 0. The third kappa shape index (κ3) is 8.79. The topological polar surface area (TPSA) is 140 Å². The van der Waals surface area contributed by atoms with Gasteiger partial charge in [-0.2, -0.15) is 0 Å². The van der Waals surface area contributed by atoms with Gasteiger partial charge in [-0.15, -0.1) is 4.91 Å². The van der Waals surface area contributed by atoms with Gasteiger partial charge in [-0.05, 0) is 35.2 Å². The Kier molecular flexibility index (Phi) is 12.0. The quantitative estimate of drug-likeness (QED) is 0.312. The summed E-state index contributed by atoms with van der Waals surface area (Å²) in [6, 6.07) is 7.45. The van der Waals surface area contributed by atoms with Gasteiger partial charge in [0.15, 0.2) is 0 Å². The van der Waals surface area contributed by atoms with E-state index in [0.717, 1.165) is 45.7 Å². The first-order chi connectivity index (χ1) is 12.7. The summed E-state index contributed by atoms with van der Waals surface area (Å²) in [6.45, 7) is 7.59. The Bertz CT molecular complexity index is 453. The molecule has 0 saturated carbocycles. The van der Waals surface area contributed by atoms with E-state index in [0.29, 0.717) is 37.8 Å². The third-order valence-corrected chi connectivity index (χ3v) is 4.38. The zero-order chi connectivity index (χ0) is 19.2. The maximum Gasteiger partial charge on any atom is 0.108 e. The van der Waals surface area contributed by atoms with Crippen LogP contribution in [0.2, 0.25) is 0 Å². The maximum atomic E-state index is 10.6. The second-order valence-corrected chi connectivity index (χ2v) is 6.58. The summed E-state index contributed by atoms with van der Waals surface area (Å²) in [4.78, 5) is 15.2. The van der Waals surface area contributed by atoms with Crippen LogP contribution in [0.3, 0.4) is 0 Å². The van der Waals surface area contributed by atoms with Crippen LogP contribution in [0.5, 0.6) is 0 Å². The van der Waals surface area contributed by atoms with Gasteiger partial charge < -0.3 is 32.7 Å². The Hall–Kier alpha value is -1.42. The fourth-order valence-electron chi connectivity index (χ4n) is 3.26. The lowest BCUT2D eigenvalue weighted by Gasteiger charge is -2.31. The van der Waals surface area contributed by atoms with Gasteiger partial charge in [0.1, 0.15) is 5.69 Å². The van der Waals surface area contributed by atoms with Gasteiger partial charge in [-0.1, -0.05) is 12.1 Å².